The highest BCUT2D eigenvalue weighted by Gasteiger charge is 2.50. The molecule has 0 bridgehead atoms. The van der Waals surface area contributed by atoms with Gasteiger partial charge in [0.2, 0.25) is 24.8 Å². The Kier molecular flexibility index (Phi) is 11.8. The first-order chi connectivity index (χ1) is 22.7. The zero-order chi connectivity index (χ0) is 35.1. The highest BCUT2D eigenvalue weighted by Crippen LogP contribution is 2.36. The van der Waals surface area contributed by atoms with E-state index in [-0.39, 0.29) is 24.7 Å². The molecule has 0 aliphatic carbocycles. The zero-order valence-corrected chi connectivity index (χ0v) is 27.0. The van der Waals surface area contributed by atoms with Gasteiger partial charge in [0, 0.05) is 53.0 Å². The lowest BCUT2D eigenvalue weighted by Crippen LogP contribution is -2.59. The molecule has 0 saturated carbocycles. The molecule has 48 heavy (non-hydrogen) atoms. The number of carbonyl (C=O) groups excluding carboxylic acids is 6. The Balaban J connectivity index is 1.69. The number of esters is 6. The first-order valence-electron chi connectivity index (χ1n) is 14.8. The Hall–Kier alpha value is -4.96. The molecule has 2 fully saturated rings. The van der Waals surface area contributed by atoms with Gasteiger partial charge in [-0.25, -0.2) is 0 Å². The molecule has 2 aromatic rings. The maximum Gasteiger partial charge on any atom is 0.303 e. The van der Waals surface area contributed by atoms with Crippen molar-refractivity contribution in [3.8, 4) is 11.5 Å². The predicted molar refractivity (Wildman–Crippen MR) is 158 cm³/mol. The fraction of sp³-hybridized carbons (Fsp3) is 0.500. The SMILES string of the molecule is CC(=O)O[C@@H]1[C@@H](OC(C)=O)[C@H](Oc2cc(O[C@@H]3OC[C@@H](OC(C)=O)[C@H](OC(C)=O)[C@H]3OC(C)=O)c3ccccc3c2)OC[C@H]1OC(C)=O. The number of ether oxygens (including phenoxy) is 10. The van der Waals surface area contributed by atoms with Crippen LogP contribution in [0, 0.1) is 0 Å². The molecule has 0 unspecified atom stereocenters. The fourth-order valence-corrected chi connectivity index (χ4v) is 5.29. The van der Waals surface area contributed by atoms with Crippen molar-refractivity contribution in [3.05, 3.63) is 36.4 Å². The van der Waals surface area contributed by atoms with Crippen LogP contribution in [-0.2, 0) is 66.7 Å². The molecule has 2 aliphatic heterocycles. The third-order valence-corrected chi connectivity index (χ3v) is 6.90. The summed E-state index contributed by atoms with van der Waals surface area (Å²) in [6.07, 6.45) is -10.2. The van der Waals surface area contributed by atoms with E-state index in [0.717, 1.165) is 34.6 Å². The molecule has 2 aromatic carbocycles. The van der Waals surface area contributed by atoms with Gasteiger partial charge in [-0.1, -0.05) is 24.3 Å². The van der Waals surface area contributed by atoms with Gasteiger partial charge in [-0.15, -0.1) is 0 Å². The first kappa shape index (κ1) is 35.9. The molecule has 4 rings (SSSR count). The van der Waals surface area contributed by atoms with E-state index in [1.165, 1.54) is 13.0 Å². The Labute approximate surface area is 274 Å². The minimum atomic E-state index is -1.37. The van der Waals surface area contributed by atoms with Crippen molar-refractivity contribution in [3.63, 3.8) is 0 Å². The Morgan fingerprint density at radius 3 is 1.42 bits per heavy atom. The molecule has 2 aliphatic rings. The molecular formula is C32H36O16. The summed E-state index contributed by atoms with van der Waals surface area (Å²) in [6.45, 7) is 6.36. The highest BCUT2D eigenvalue weighted by atomic mass is 16.7. The Bertz CT molecular complexity index is 1540. The van der Waals surface area contributed by atoms with Crippen LogP contribution in [0.15, 0.2) is 36.4 Å². The Morgan fingerprint density at radius 2 is 0.958 bits per heavy atom. The van der Waals surface area contributed by atoms with Crippen LogP contribution in [0.1, 0.15) is 41.5 Å². The van der Waals surface area contributed by atoms with Crippen LogP contribution in [0.4, 0.5) is 0 Å². The van der Waals surface area contributed by atoms with Crippen molar-refractivity contribution in [1.29, 1.82) is 0 Å². The second kappa shape index (κ2) is 15.8. The molecule has 0 radical (unpaired) electrons. The van der Waals surface area contributed by atoms with Gasteiger partial charge in [0.1, 0.15) is 11.5 Å². The van der Waals surface area contributed by atoms with Gasteiger partial charge in [0.05, 0.1) is 13.2 Å². The van der Waals surface area contributed by atoms with Crippen LogP contribution in [0.3, 0.4) is 0 Å². The molecule has 16 nitrogen and oxygen atoms in total. The molecule has 0 spiro atoms. The van der Waals surface area contributed by atoms with Crippen molar-refractivity contribution in [2.45, 2.75) is 90.7 Å². The van der Waals surface area contributed by atoms with Crippen molar-refractivity contribution >= 4 is 46.6 Å². The topological polar surface area (TPSA) is 195 Å². The van der Waals surface area contributed by atoms with E-state index in [0.29, 0.717) is 10.8 Å². The van der Waals surface area contributed by atoms with E-state index >= 15 is 0 Å². The average molecular weight is 677 g/mol. The Morgan fingerprint density at radius 1 is 0.542 bits per heavy atom. The number of benzene rings is 2. The lowest BCUT2D eigenvalue weighted by atomic mass is 10.0. The minimum Gasteiger partial charge on any atom is -0.461 e. The second-order valence-corrected chi connectivity index (χ2v) is 10.9. The number of fused-ring (bicyclic) bond motifs is 1. The normalized spacial score (nSPS) is 26.7. The van der Waals surface area contributed by atoms with Gasteiger partial charge in [0.25, 0.3) is 0 Å². The lowest BCUT2D eigenvalue weighted by Gasteiger charge is -2.40. The molecule has 0 amide bonds. The van der Waals surface area contributed by atoms with Crippen molar-refractivity contribution in [2.75, 3.05) is 13.2 Å². The summed E-state index contributed by atoms with van der Waals surface area (Å²) in [4.78, 5) is 71.7. The van der Waals surface area contributed by atoms with Crippen molar-refractivity contribution in [2.24, 2.45) is 0 Å². The van der Waals surface area contributed by atoms with Gasteiger partial charge in [-0.2, -0.15) is 0 Å². The van der Waals surface area contributed by atoms with Crippen LogP contribution in [0.25, 0.3) is 10.8 Å². The molecule has 260 valence electrons. The molecule has 16 heteroatoms. The van der Waals surface area contributed by atoms with Crippen LogP contribution < -0.4 is 9.47 Å². The number of rotatable bonds is 10. The van der Waals surface area contributed by atoms with E-state index in [4.69, 9.17) is 47.4 Å². The first-order valence-corrected chi connectivity index (χ1v) is 14.8. The largest absolute Gasteiger partial charge is 0.461 e. The minimum absolute atomic E-state index is 0.132. The molecule has 2 heterocycles. The summed E-state index contributed by atoms with van der Waals surface area (Å²) in [7, 11) is 0. The fourth-order valence-electron chi connectivity index (χ4n) is 5.29. The summed E-state index contributed by atoms with van der Waals surface area (Å²) in [5.41, 5.74) is 0. The highest BCUT2D eigenvalue weighted by molar-refractivity contribution is 5.89. The second-order valence-electron chi connectivity index (χ2n) is 10.9. The quantitative estimate of drug-likeness (QED) is 0.261. The monoisotopic (exact) mass is 676 g/mol. The van der Waals surface area contributed by atoms with Gasteiger partial charge in [0.15, 0.2) is 24.4 Å². The lowest BCUT2D eigenvalue weighted by molar-refractivity contribution is -0.260. The maximum absolute atomic E-state index is 12.1. The van der Waals surface area contributed by atoms with Gasteiger partial charge < -0.3 is 47.4 Å². The van der Waals surface area contributed by atoms with Crippen LogP contribution in [-0.4, -0.2) is 98.2 Å². The third-order valence-electron chi connectivity index (χ3n) is 6.90. The van der Waals surface area contributed by atoms with Gasteiger partial charge in [-0.05, 0) is 11.5 Å². The molecular weight excluding hydrogens is 640 g/mol. The van der Waals surface area contributed by atoms with E-state index in [1.807, 2.05) is 0 Å². The smallest absolute Gasteiger partial charge is 0.303 e. The predicted octanol–water partition coefficient (Wildman–Crippen LogP) is 1.90. The number of hydrogen-bond acceptors (Lipinski definition) is 16. The summed E-state index contributed by atoms with van der Waals surface area (Å²) in [5.74, 6) is -4.02. The van der Waals surface area contributed by atoms with Crippen LogP contribution in [0.5, 0.6) is 11.5 Å². The third kappa shape index (κ3) is 9.32. The van der Waals surface area contributed by atoms with Gasteiger partial charge >= 0.3 is 35.8 Å². The standard InChI is InChI=1S/C32H36O16/c1-15(33)41-25-13-39-31(29(45-19(5)37)27(25)43-17(3)35)47-22-11-21-9-7-8-10-23(21)24(12-22)48-32-30(46-20(6)38)28(44-18(4)36)26(14-40-32)42-16(2)34/h7-12,25-32H,13-14H2,1-6H3/t25-,26-,27+,28+,29-,30-,31+,32+/m1/s1. The van der Waals surface area contributed by atoms with Crippen molar-refractivity contribution in [1.82, 2.24) is 0 Å². The number of carbonyl (C=O) groups is 6. The maximum atomic E-state index is 12.1. The summed E-state index contributed by atoms with van der Waals surface area (Å²) in [5, 5.41) is 1.17. The zero-order valence-electron chi connectivity index (χ0n) is 27.0. The molecule has 8 atom stereocenters. The molecule has 2 saturated heterocycles. The van der Waals surface area contributed by atoms with E-state index in [1.54, 1.807) is 30.3 Å². The van der Waals surface area contributed by atoms with E-state index in [2.05, 4.69) is 0 Å². The van der Waals surface area contributed by atoms with Crippen molar-refractivity contribution < 1.29 is 76.1 Å². The van der Waals surface area contributed by atoms with Gasteiger partial charge in [-0.3, -0.25) is 28.8 Å². The van der Waals surface area contributed by atoms with E-state index in [9.17, 15) is 28.8 Å². The average Bonchev–Trinajstić information content (AvgIpc) is 2.97. The van der Waals surface area contributed by atoms with Crippen LogP contribution >= 0.6 is 0 Å². The van der Waals surface area contributed by atoms with Crippen LogP contribution in [0.2, 0.25) is 0 Å². The molecule has 0 N–H and O–H groups in total. The molecule has 0 aromatic heterocycles. The summed E-state index contributed by atoms with van der Waals surface area (Å²) >= 11 is 0. The number of hydrogen-bond donors (Lipinski definition) is 0. The summed E-state index contributed by atoms with van der Waals surface area (Å²) < 4.78 is 56.2. The van der Waals surface area contributed by atoms with E-state index < -0.39 is 85.0 Å². The summed E-state index contributed by atoms with van der Waals surface area (Å²) in [6, 6.07) is 10.1.